The molecule has 5 nitrogen and oxygen atoms in total. The summed E-state index contributed by atoms with van der Waals surface area (Å²) in [5, 5.41) is 25.4. The number of halogens is 2. The van der Waals surface area contributed by atoms with Crippen LogP contribution in [0.2, 0.25) is 0 Å². The third-order valence-electron chi connectivity index (χ3n) is 14.1. The van der Waals surface area contributed by atoms with E-state index in [0.717, 1.165) is 135 Å². The Morgan fingerprint density at radius 2 is 0.667 bits per heavy atom. The molecule has 0 radical (unpaired) electrons. The minimum Gasteiger partial charge on any atom is -1.00 e. The van der Waals surface area contributed by atoms with Gasteiger partial charge in [-0.15, -0.1) is 0 Å². The van der Waals surface area contributed by atoms with E-state index in [1.165, 1.54) is 0 Å². The van der Waals surface area contributed by atoms with E-state index in [1.807, 2.05) is 24.3 Å². The number of piperidine rings is 6. The summed E-state index contributed by atoms with van der Waals surface area (Å²) in [4.78, 5) is 0. The van der Waals surface area contributed by atoms with Crippen LogP contribution < -0.4 is 34.0 Å². The molecular formula is C44H54Br2N2O3. The Bertz CT molecular complexity index is 1450. The zero-order valence-corrected chi connectivity index (χ0v) is 33.0. The van der Waals surface area contributed by atoms with E-state index in [-0.39, 0.29) is 44.8 Å². The summed E-state index contributed by atoms with van der Waals surface area (Å²) < 4.78 is 8.71. The van der Waals surface area contributed by atoms with Crippen LogP contribution in [0, 0.1) is 10.8 Å². The van der Waals surface area contributed by atoms with E-state index in [4.69, 9.17) is 4.74 Å². The van der Waals surface area contributed by atoms with Gasteiger partial charge in [0.05, 0.1) is 52.5 Å². The maximum atomic E-state index is 12.7. The van der Waals surface area contributed by atoms with Crippen LogP contribution in [0.1, 0.15) is 60.8 Å². The van der Waals surface area contributed by atoms with Crippen LogP contribution in [0.25, 0.3) is 0 Å². The molecule has 6 heterocycles. The van der Waals surface area contributed by atoms with Crippen molar-refractivity contribution in [2.24, 2.45) is 10.8 Å². The molecule has 6 aliphatic rings. The number of rotatable bonds is 12. The predicted molar refractivity (Wildman–Crippen MR) is 195 cm³/mol. The Labute approximate surface area is 326 Å². The van der Waals surface area contributed by atoms with Gasteiger partial charge in [-0.2, -0.15) is 0 Å². The number of aliphatic hydroxyl groups is 2. The summed E-state index contributed by atoms with van der Waals surface area (Å²) in [6.07, 6.45) is 6.21. The highest BCUT2D eigenvalue weighted by molar-refractivity contribution is 5.41. The fourth-order valence-corrected chi connectivity index (χ4v) is 10.8. The van der Waals surface area contributed by atoms with Crippen LogP contribution in [0.4, 0.5) is 0 Å². The second-order valence-electron chi connectivity index (χ2n) is 16.0. The molecule has 0 aromatic heterocycles. The lowest BCUT2D eigenvalue weighted by atomic mass is 9.56. The molecule has 0 atom stereocenters. The van der Waals surface area contributed by atoms with Gasteiger partial charge in [0.15, 0.2) is 0 Å². The molecule has 7 heteroatoms. The molecule has 0 aliphatic carbocycles. The Morgan fingerprint density at radius 1 is 0.431 bits per heavy atom. The van der Waals surface area contributed by atoms with Gasteiger partial charge in [0.2, 0.25) is 0 Å². The third-order valence-corrected chi connectivity index (χ3v) is 14.1. The first kappa shape index (κ1) is 38.4. The summed E-state index contributed by atoms with van der Waals surface area (Å²) in [5.41, 5.74) is 1.86. The van der Waals surface area contributed by atoms with Gasteiger partial charge >= 0.3 is 0 Å². The molecule has 6 fully saturated rings. The monoisotopic (exact) mass is 816 g/mol. The van der Waals surface area contributed by atoms with Gasteiger partial charge in [-0.1, -0.05) is 121 Å². The lowest BCUT2D eigenvalue weighted by molar-refractivity contribution is -0.949. The van der Waals surface area contributed by atoms with E-state index in [0.29, 0.717) is 0 Å². The Hall–Kier alpha value is -2.36. The highest BCUT2D eigenvalue weighted by Gasteiger charge is 2.61. The zero-order valence-electron chi connectivity index (χ0n) is 29.8. The molecule has 0 saturated carbocycles. The summed E-state index contributed by atoms with van der Waals surface area (Å²) in [5.74, 6) is 0. The van der Waals surface area contributed by atoms with Crippen molar-refractivity contribution in [1.82, 2.24) is 0 Å². The van der Waals surface area contributed by atoms with Crippen molar-refractivity contribution in [3.05, 3.63) is 144 Å². The molecule has 4 bridgehead atoms. The molecule has 272 valence electrons. The van der Waals surface area contributed by atoms with Gasteiger partial charge in [-0.05, 0) is 22.3 Å². The van der Waals surface area contributed by atoms with Crippen molar-refractivity contribution in [1.29, 1.82) is 0 Å². The molecule has 2 N–H and O–H groups in total. The van der Waals surface area contributed by atoms with Crippen molar-refractivity contribution in [3.63, 3.8) is 0 Å². The standard InChI is InChI=1S/C44H54N2O3.2BrH/c47-43(37-13-5-1-6-14-37,38-15-7-2-8-16-38)41-21-27-45(28-22-41,29-23-41)33-35-49-36-34-46-30-24-42(25-31-46,26-32-46)44(48,39-17-9-3-10-18-39)40-19-11-4-12-20-40;;/h1-20,47-48H,21-36H2;2*1H/q+2;;/p-2. The summed E-state index contributed by atoms with van der Waals surface area (Å²) in [6, 6.07) is 41.6. The zero-order chi connectivity index (χ0) is 33.5. The highest BCUT2D eigenvalue weighted by atomic mass is 79.9. The van der Waals surface area contributed by atoms with Crippen LogP contribution in [-0.4, -0.2) is 84.8 Å². The Morgan fingerprint density at radius 3 is 0.902 bits per heavy atom. The Kier molecular flexibility index (Phi) is 11.4. The summed E-state index contributed by atoms with van der Waals surface area (Å²) in [6.45, 7) is 10.4. The molecule has 6 aliphatic heterocycles. The lowest BCUT2D eigenvalue weighted by Gasteiger charge is -2.60. The normalized spacial score (nSPS) is 28.4. The fourth-order valence-electron chi connectivity index (χ4n) is 10.8. The van der Waals surface area contributed by atoms with Crippen LogP contribution in [-0.2, 0) is 15.9 Å². The van der Waals surface area contributed by atoms with Gasteiger partial charge in [-0.25, -0.2) is 0 Å². The molecule has 4 aromatic carbocycles. The van der Waals surface area contributed by atoms with Crippen LogP contribution in [0.3, 0.4) is 0 Å². The van der Waals surface area contributed by atoms with E-state index < -0.39 is 11.2 Å². The van der Waals surface area contributed by atoms with E-state index in [2.05, 4.69) is 97.1 Å². The largest absolute Gasteiger partial charge is 1.00 e. The lowest BCUT2D eigenvalue weighted by Crippen LogP contribution is -3.00. The number of fused-ring (bicyclic) bond motifs is 6. The van der Waals surface area contributed by atoms with Crippen molar-refractivity contribution in [2.45, 2.75) is 49.7 Å². The van der Waals surface area contributed by atoms with Gasteiger partial charge in [-0.3, -0.25) is 0 Å². The molecule has 0 amide bonds. The minimum atomic E-state index is -0.977. The first-order valence-electron chi connectivity index (χ1n) is 18.8. The number of ether oxygens (including phenoxy) is 1. The smallest absolute Gasteiger partial charge is 0.121 e. The van der Waals surface area contributed by atoms with E-state index in [9.17, 15) is 10.2 Å². The van der Waals surface area contributed by atoms with Crippen molar-refractivity contribution in [2.75, 3.05) is 65.6 Å². The molecule has 0 spiro atoms. The molecule has 4 aromatic rings. The van der Waals surface area contributed by atoms with Crippen LogP contribution in [0.5, 0.6) is 0 Å². The molecule has 6 saturated heterocycles. The van der Waals surface area contributed by atoms with Gasteiger partial charge in [0.1, 0.15) is 24.3 Å². The topological polar surface area (TPSA) is 49.7 Å². The average molecular weight is 819 g/mol. The van der Waals surface area contributed by atoms with Gasteiger partial charge in [0, 0.05) is 49.4 Å². The van der Waals surface area contributed by atoms with Gasteiger partial charge < -0.3 is 57.9 Å². The van der Waals surface area contributed by atoms with E-state index in [1.54, 1.807) is 0 Å². The SMILES string of the molecule is OC(c1ccccc1)(c1ccccc1)C12CC[N+](CCOCC[N+]34CCC(C(O)(c5ccccc5)c5ccccc5)(CC3)CC4)(CC1)CC2.[Br-].[Br-]. The number of quaternary nitrogens is 2. The maximum absolute atomic E-state index is 12.7. The molecule has 10 rings (SSSR count). The van der Waals surface area contributed by atoms with Crippen LogP contribution >= 0.6 is 0 Å². The molecule has 51 heavy (non-hydrogen) atoms. The predicted octanol–water partition coefficient (Wildman–Crippen LogP) is 0.885. The average Bonchev–Trinajstić information content (AvgIpc) is 3.20. The maximum Gasteiger partial charge on any atom is 0.121 e. The Balaban J connectivity index is 0.00000224. The van der Waals surface area contributed by atoms with Crippen molar-refractivity contribution < 1.29 is 57.9 Å². The van der Waals surface area contributed by atoms with Crippen molar-refractivity contribution >= 4 is 0 Å². The first-order chi connectivity index (χ1) is 23.9. The van der Waals surface area contributed by atoms with Crippen LogP contribution in [0.15, 0.2) is 121 Å². The summed E-state index contributed by atoms with van der Waals surface area (Å²) in [7, 11) is 0. The number of benzene rings is 4. The number of hydrogen-bond acceptors (Lipinski definition) is 3. The second kappa shape index (κ2) is 15.2. The minimum absolute atomic E-state index is 0. The van der Waals surface area contributed by atoms with Gasteiger partial charge in [0.25, 0.3) is 0 Å². The molecule has 0 unspecified atom stereocenters. The quantitative estimate of drug-likeness (QED) is 0.165. The highest BCUT2D eigenvalue weighted by Crippen LogP contribution is 2.58. The van der Waals surface area contributed by atoms with E-state index >= 15 is 0 Å². The summed E-state index contributed by atoms with van der Waals surface area (Å²) >= 11 is 0. The first-order valence-corrected chi connectivity index (χ1v) is 18.8. The fraction of sp³-hybridized carbons (Fsp3) is 0.455. The number of nitrogens with zero attached hydrogens (tertiary/aromatic N) is 2. The second-order valence-corrected chi connectivity index (χ2v) is 16.0. The number of hydrogen-bond donors (Lipinski definition) is 2. The molecular weight excluding hydrogens is 764 g/mol. The van der Waals surface area contributed by atoms with Crippen molar-refractivity contribution in [3.8, 4) is 0 Å². The third kappa shape index (κ3) is 6.49.